The quantitative estimate of drug-likeness (QED) is 0.573. The Morgan fingerprint density at radius 3 is 2.78 bits per heavy atom. The molecule has 3 rings (SSSR count). The number of phenolic OH excluding ortho intramolecular Hbond substituents is 1. The maximum atomic E-state index is 12.3. The number of phenols is 1. The Hall–Kier alpha value is -2.91. The summed E-state index contributed by atoms with van der Waals surface area (Å²) in [5.74, 6) is 0.514. The van der Waals surface area contributed by atoms with Crippen molar-refractivity contribution in [3.63, 3.8) is 0 Å². The van der Waals surface area contributed by atoms with E-state index in [2.05, 4.69) is 9.50 Å². The van der Waals surface area contributed by atoms with Crippen molar-refractivity contribution in [1.29, 1.82) is 0 Å². The van der Waals surface area contributed by atoms with Crippen LogP contribution in [0.15, 0.2) is 56.9 Å². The van der Waals surface area contributed by atoms with Gasteiger partial charge in [-0.1, -0.05) is 12.1 Å². The van der Waals surface area contributed by atoms with Gasteiger partial charge >= 0.3 is 0 Å². The number of hydrogen-bond donors (Lipinski definition) is 2. The molecule has 9 heteroatoms. The summed E-state index contributed by atoms with van der Waals surface area (Å²) < 4.78 is 33.5. The van der Waals surface area contributed by atoms with Crippen LogP contribution in [0.3, 0.4) is 0 Å². The van der Waals surface area contributed by atoms with Gasteiger partial charge < -0.3 is 14.9 Å². The molecule has 0 radical (unpaired) electrons. The lowest BCUT2D eigenvalue weighted by atomic mass is 10.2. The van der Waals surface area contributed by atoms with Crippen molar-refractivity contribution in [2.24, 2.45) is 9.50 Å². The fraction of sp³-hybridized carbons (Fsp3) is 0.222. The summed E-state index contributed by atoms with van der Waals surface area (Å²) in [4.78, 5) is 0.135. The highest BCUT2D eigenvalue weighted by atomic mass is 32.2. The van der Waals surface area contributed by atoms with Gasteiger partial charge in [0.25, 0.3) is 10.0 Å². The van der Waals surface area contributed by atoms with E-state index in [0.29, 0.717) is 23.3 Å². The average molecular weight is 389 g/mol. The molecular formula is C18H19N3O5S. The van der Waals surface area contributed by atoms with Gasteiger partial charge in [-0.15, -0.1) is 4.40 Å². The maximum absolute atomic E-state index is 12.3. The largest absolute Gasteiger partial charge is 0.504 e. The van der Waals surface area contributed by atoms with E-state index in [4.69, 9.17) is 9.84 Å². The summed E-state index contributed by atoms with van der Waals surface area (Å²) in [7, 11) is -2.32. The number of aromatic hydroxyl groups is 1. The number of hydrazone groups is 1. The van der Waals surface area contributed by atoms with Crippen molar-refractivity contribution in [3.8, 4) is 11.5 Å². The molecule has 8 nitrogen and oxygen atoms in total. The molecule has 0 fully saturated rings. The molecule has 2 aromatic carbocycles. The fourth-order valence-corrected chi connectivity index (χ4v) is 3.83. The average Bonchev–Trinajstić information content (AvgIpc) is 2.94. The molecule has 27 heavy (non-hydrogen) atoms. The predicted octanol–water partition coefficient (Wildman–Crippen LogP) is 1.57. The number of aliphatic hydroxyl groups excluding tert-OH is 1. The summed E-state index contributed by atoms with van der Waals surface area (Å²) in [6, 6.07) is 11.3. The summed E-state index contributed by atoms with van der Waals surface area (Å²) in [6.07, 6.45) is 1.90. The molecule has 1 heterocycles. The van der Waals surface area contributed by atoms with Crippen molar-refractivity contribution in [1.82, 2.24) is 5.01 Å². The molecule has 0 amide bonds. The van der Waals surface area contributed by atoms with Crippen LogP contribution in [0.25, 0.3) is 0 Å². The van der Waals surface area contributed by atoms with E-state index in [1.165, 1.54) is 30.5 Å². The number of fused-ring (bicyclic) bond motifs is 1. The van der Waals surface area contributed by atoms with Gasteiger partial charge in [-0.05, 0) is 42.3 Å². The molecule has 0 saturated carbocycles. The second-order valence-electron chi connectivity index (χ2n) is 5.76. The number of methoxy groups -OCH3 is 1. The Balaban J connectivity index is 1.96. The van der Waals surface area contributed by atoms with Crippen LogP contribution in [-0.4, -0.2) is 56.0 Å². The van der Waals surface area contributed by atoms with Crippen molar-refractivity contribution >= 4 is 22.1 Å². The van der Waals surface area contributed by atoms with E-state index in [-0.39, 0.29) is 29.6 Å². The van der Waals surface area contributed by atoms with Gasteiger partial charge in [0.1, 0.15) is 4.90 Å². The Bertz CT molecular complexity index is 1000. The molecule has 2 N–H and O–H groups in total. The third-order valence-corrected chi connectivity index (χ3v) is 5.26. The van der Waals surface area contributed by atoms with Crippen LogP contribution in [0, 0.1) is 0 Å². The number of nitrogens with zero attached hydrogens (tertiary/aromatic N) is 3. The lowest BCUT2D eigenvalue weighted by Gasteiger charge is -2.18. The third kappa shape index (κ3) is 3.93. The Morgan fingerprint density at radius 2 is 2.04 bits per heavy atom. The zero-order chi connectivity index (χ0) is 19.4. The molecule has 142 valence electrons. The Morgan fingerprint density at radius 1 is 1.26 bits per heavy atom. The molecule has 0 unspecified atom stereocenters. The van der Waals surface area contributed by atoms with Crippen LogP contribution < -0.4 is 4.74 Å². The number of hydrogen-bond acceptors (Lipinski definition) is 7. The summed E-state index contributed by atoms with van der Waals surface area (Å²) in [5.41, 5.74) is 1.12. The molecule has 2 aromatic rings. The van der Waals surface area contributed by atoms with Crippen LogP contribution in [-0.2, 0) is 10.0 Å². The standard InChI is InChI=1S/C18H19N3O5S/c1-26-16-11-13(7-8-15(16)23)12-19-21(9-4-10-22)18-14-5-2-3-6-17(14)27(24,25)20-18/h2-3,5-8,11-12,22-23H,4,9-10H2,1H3/b19-12+. The van der Waals surface area contributed by atoms with Crippen molar-refractivity contribution in [3.05, 3.63) is 53.6 Å². The number of ether oxygens (including phenoxy) is 1. The van der Waals surface area contributed by atoms with Gasteiger partial charge in [-0.25, -0.2) is 5.01 Å². The molecule has 0 aliphatic carbocycles. The van der Waals surface area contributed by atoms with Crippen LogP contribution in [0.5, 0.6) is 11.5 Å². The second-order valence-corrected chi connectivity index (χ2v) is 7.33. The fourth-order valence-electron chi connectivity index (χ4n) is 2.62. The summed E-state index contributed by atoms with van der Waals surface area (Å²) >= 11 is 0. The zero-order valence-corrected chi connectivity index (χ0v) is 15.4. The van der Waals surface area contributed by atoms with E-state index in [1.54, 1.807) is 30.3 Å². The lowest BCUT2D eigenvalue weighted by molar-refractivity contribution is 0.269. The number of rotatable bonds is 6. The zero-order valence-electron chi connectivity index (χ0n) is 14.6. The highest BCUT2D eigenvalue weighted by Gasteiger charge is 2.31. The smallest absolute Gasteiger partial charge is 0.285 e. The normalized spacial score (nSPS) is 14.8. The molecule has 0 aromatic heterocycles. The molecule has 1 aliphatic rings. The molecule has 1 aliphatic heterocycles. The molecule has 0 saturated heterocycles. The SMILES string of the molecule is COc1cc(/C=N/N(CCCO)C2=NS(=O)(=O)c3ccccc32)ccc1O. The summed E-state index contributed by atoms with van der Waals surface area (Å²) in [6.45, 7) is 0.214. The van der Waals surface area contributed by atoms with Gasteiger partial charge in [0.2, 0.25) is 0 Å². The first-order valence-corrected chi connectivity index (χ1v) is 9.64. The van der Waals surface area contributed by atoms with Crippen molar-refractivity contribution in [2.45, 2.75) is 11.3 Å². The minimum Gasteiger partial charge on any atom is -0.504 e. The van der Waals surface area contributed by atoms with E-state index < -0.39 is 10.0 Å². The number of sulfonamides is 1. The minimum absolute atomic E-state index is 0.00646. The van der Waals surface area contributed by atoms with Crippen molar-refractivity contribution in [2.75, 3.05) is 20.3 Å². The van der Waals surface area contributed by atoms with Gasteiger partial charge in [-0.2, -0.15) is 13.5 Å². The van der Waals surface area contributed by atoms with Crippen molar-refractivity contribution < 1.29 is 23.4 Å². The molecular weight excluding hydrogens is 370 g/mol. The van der Waals surface area contributed by atoms with Gasteiger partial charge in [0.05, 0.1) is 13.3 Å². The van der Waals surface area contributed by atoms with E-state index >= 15 is 0 Å². The second kappa shape index (κ2) is 7.77. The van der Waals surface area contributed by atoms with Crippen LogP contribution in [0.2, 0.25) is 0 Å². The monoisotopic (exact) mass is 389 g/mol. The topological polar surface area (TPSA) is 112 Å². The van der Waals surface area contributed by atoms with Gasteiger partial charge in [-0.3, -0.25) is 0 Å². The minimum atomic E-state index is -3.77. The predicted molar refractivity (Wildman–Crippen MR) is 101 cm³/mol. The Labute approximate surface area is 157 Å². The van der Waals surface area contributed by atoms with E-state index in [1.807, 2.05) is 0 Å². The summed E-state index contributed by atoms with van der Waals surface area (Å²) in [5, 5.41) is 24.6. The molecule has 0 spiro atoms. The number of amidine groups is 1. The first-order valence-electron chi connectivity index (χ1n) is 8.20. The third-order valence-electron chi connectivity index (χ3n) is 3.94. The van der Waals surface area contributed by atoms with Crippen LogP contribution in [0.1, 0.15) is 17.5 Å². The first kappa shape index (κ1) is 18.9. The Kier molecular flexibility index (Phi) is 5.43. The molecule has 0 bridgehead atoms. The molecule has 0 atom stereocenters. The number of aliphatic hydroxyl groups is 1. The van der Waals surface area contributed by atoms with Gasteiger partial charge in [0, 0.05) is 18.7 Å². The van der Waals surface area contributed by atoms with E-state index in [0.717, 1.165) is 0 Å². The van der Waals surface area contributed by atoms with Crippen LogP contribution in [0.4, 0.5) is 0 Å². The van der Waals surface area contributed by atoms with E-state index in [9.17, 15) is 13.5 Å². The lowest BCUT2D eigenvalue weighted by Crippen LogP contribution is -2.27. The van der Waals surface area contributed by atoms with Gasteiger partial charge in [0.15, 0.2) is 17.3 Å². The first-order chi connectivity index (χ1) is 13.0. The highest BCUT2D eigenvalue weighted by Crippen LogP contribution is 2.28. The highest BCUT2D eigenvalue weighted by molar-refractivity contribution is 7.90. The number of benzene rings is 2. The van der Waals surface area contributed by atoms with Crippen LogP contribution >= 0.6 is 0 Å². The maximum Gasteiger partial charge on any atom is 0.285 e.